The maximum Gasteiger partial charge on any atom is 0.344 e. The first-order valence-corrected chi connectivity index (χ1v) is 10.2. The van der Waals surface area contributed by atoms with E-state index in [0.29, 0.717) is 25.4 Å². The second kappa shape index (κ2) is 10.5. The summed E-state index contributed by atoms with van der Waals surface area (Å²) in [5, 5.41) is 0. The second-order valence-electron chi connectivity index (χ2n) is 6.97. The van der Waals surface area contributed by atoms with Crippen molar-refractivity contribution in [1.82, 2.24) is 4.90 Å². The van der Waals surface area contributed by atoms with E-state index in [9.17, 15) is 9.59 Å². The molecule has 1 fully saturated rings. The third-order valence-electron chi connectivity index (χ3n) is 4.86. The molecule has 2 aromatic rings. The van der Waals surface area contributed by atoms with E-state index < -0.39 is 12.1 Å². The number of nitrogens with zero attached hydrogens (tertiary/aromatic N) is 2. The van der Waals surface area contributed by atoms with Gasteiger partial charge in [0.15, 0.2) is 12.7 Å². The summed E-state index contributed by atoms with van der Waals surface area (Å²) in [6, 6.07) is 17.1. The fourth-order valence-corrected chi connectivity index (χ4v) is 3.30. The highest BCUT2D eigenvalue weighted by Crippen LogP contribution is 2.18. The molecule has 1 atom stereocenters. The van der Waals surface area contributed by atoms with E-state index in [0.717, 1.165) is 24.5 Å². The first kappa shape index (κ1) is 21.5. The molecule has 1 aliphatic heterocycles. The predicted octanol–water partition coefficient (Wildman–Crippen LogP) is 2.74. The summed E-state index contributed by atoms with van der Waals surface area (Å²) in [7, 11) is 0. The Hall–Kier alpha value is -3.22. The average Bonchev–Trinajstić information content (AvgIpc) is 2.79. The summed E-state index contributed by atoms with van der Waals surface area (Å²) in [6.07, 6.45) is -0.843. The van der Waals surface area contributed by atoms with E-state index in [1.54, 1.807) is 36.1 Å². The summed E-state index contributed by atoms with van der Waals surface area (Å²) < 4.78 is 16.1. The van der Waals surface area contributed by atoms with Crippen LogP contribution in [0, 0.1) is 0 Å². The largest absolute Gasteiger partial charge is 0.494 e. The third-order valence-corrected chi connectivity index (χ3v) is 4.86. The molecular formula is C23H28N2O5. The fourth-order valence-electron chi connectivity index (χ4n) is 3.30. The van der Waals surface area contributed by atoms with Gasteiger partial charge in [-0.25, -0.2) is 4.79 Å². The highest BCUT2D eigenvalue weighted by Gasteiger charge is 2.27. The van der Waals surface area contributed by atoms with Crippen molar-refractivity contribution in [2.45, 2.75) is 20.0 Å². The zero-order valence-electron chi connectivity index (χ0n) is 17.5. The third kappa shape index (κ3) is 5.89. The molecule has 0 unspecified atom stereocenters. The lowest BCUT2D eigenvalue weighted by Gasteiger charge is -2.37. The molecule has 3 rings (SSSR count). The van der Waals surface area contributed by atoms with Crippen LogP contribution < -0.4 is 14.4 Å². The fraction of sp³-hybridized carbons (Fsp3) is 0.391. The molecule has 1 amide bonds. The van der Waals surface area contributed by atoms with Gasteiger partial charge >= 0.3 is 5.97 Å². The zero-order valence-corrected chi connectivity index (χ0v) is 17.5. The number of esters is 1. The van der Waals surface area contributed by atoms with Gasteiger partial charge < -0.3 is 24.0 Å². The molecule has 2 aromatic carbocycles. The van der Waals surface area contributed by atoms with Crippen LogP contribution >= 0.6 is 0 Å². The highest BCUT2D eigenvalue weighted by molar-refractivity contribution is 5.84. The summed E-state index contributed by atoms with van der Waals surface area (Å²) in [4.78, 5) is 28.7. The molecule has 0 radical (unpaired) electrons. The Bertz CT molecular complexity index is 817. The van der Waals surface area contributed by atoms with Crippen molar-refractivity contribution < 1.29 is 23.8 Å². The maximum atomic E-state index is 12.6. The minimum absolute atomic E-state index is 0.183. The molecule has 0 saturated carbocycles. The van der Waals surface area contributed by atoms with E-state index in [4.69, 9.17) is 14.2 Å². The molecule has 0 spiro atoms. The van der Waals surface area contributed by atoms with Gasteiger partial charge in [-0.2, -0.15) is 0 Å². The molecule has 0 N–H and O–H groups in total. The van der Waals surface area contributed by atoms with Gasteiger partial charge in [-0.1, -0.05) is 18.2 Å². The van der Waals surface area contributed by atoms with E-state index >= 15 is 0 Å². The van der Waals surface area contributed by atoms with Crippen molar-refractivity contribution in [2.24, 2.45) is 0 Å². The number of benzene rings is 2. The van der Waals surface area contributed by atoms with E-state index in [2.05, 4.69) is 17.0 Å². The molecule has 0 aromatic heterocycles. The van der Waals surface area contributed by atoms with Crippen LogP contribution in [0.1, 0.15) is 13.8 Å². The SMILES string of the molecule is CCOc1ccc(OCC(=O)O[C@H](C)C(=O)N2CCN(c3ccccc3)CC2)cc1. The molecule has 1 heterocycles. The number of carbonyl (C=O) groups excluding carboxylic acids is 2. The van der Waals surface area contributed by atoms with Gasteiger partial charge in [0, 0.05) is 31.9 Å². The summed E-state index contributed by atoms with van der Waals surface area (Å²) in [5.41, 5.74) is 1.15. The summed E-state index contributed by atoms with van der Waals surface area (Å²) >= 11 is 0. The van der Waals surface area contributed by atoms with Crippen LogP contribution in [0.25, 0.3) is 0 Å². The lowest BCUT2D eigenvalue weighted by atomic mass is 10.2. The van der Waals surface area contributed by atoms with Gasteiger partial charge in [0.2, 0.25) is 0 Å². The first-order chi connectivity index (χ1) is 14.6. The first-order valence-electron chi connectivity index (χ1n) is 10.2. The zero-order chi connectivity index (χ0) is 21.3. The lowest BCUT2D eigenvalue weighted by Crippen LogP contribution is -2.51. The molecular weight excluding hydrogens is 384 g/mol. The van der Waals surface area contributed by atoms with Crippen LogP contribution in [-0.4, -0.2) is 62.3 Å². The van der Waals surface area contributed by atoms with Crippen LogP contribution in [-0.2, 0) is 14.3 Å². The van der Waals surface area contributed by atoms with Gasteiger partial charge in [-0.15, -0.1) is 0 Å². The Kier molecular flexibility index (Phi) is 7.54. The van der Waals surface area contributed by atoms with Crippen molar-refractivity contribution in [3.63, 3.8) is 0 Å². The topological polar surface area (TPSA) is 68.3 Å². The number of anilines is 1. The maximum absolute atomic E-state index is 12.6. The minimum Gasteiger partial charge on any atom is -0.494 e. The van der Waals surface area contributed by atoms with E-state index in [1.165, 1.54) is 0 Å². The van der Waals surface area contributed by atoms with Crippen molar-refractivity contribution in [1.29, 1.82) is 0 Å². The van der Waals surface area contributed by atoms with E-state index in [-0.39, 0.29) is 12.5 Å². The molecule has 30 heavy (non-hydrogen) atoms. The van der Waals surface area contributed by atoms with Crippen LogP contribution in [0.15, 0.2) is 54.6 Å². The van der Waals surface area contributed by atoms with Gasteiger partial charge in [0.05, 0.1) is 6.61 Å². The Morgan fingerprint density at radius 1 is 0.900 bits per heavy atom. The summed E-state index contributed by atoms with van der Waals surface area (Å²) in [5.74, 6) is 0.509. The van der Waals surface area contributed by atoms with Gasteiger partial charge in [0.1, 0.15) is 11.5 Å². The normalized spacial score (nSPS) is 14.7. The number of carbonyl (C=O) groups is 2. The van der Waals surface area contributed by atoms with Gasteiger partial charge in [0.25, 0.3) is 5.91 Å². The Morgan fingerprint density at radius 2 is 1.50 bits per heavy atom. The number of para-hydroxylation sites is 1. The van der Waals surface area contributed by atoms with Crippen LogP contribution in [0.2, 0.25) is 0 Å². The highest BCUT2D eigenvalue weighted by atomic mass is 16.6. The standard InChI is InChI=1S/C23H28N2O5/c1-3-28-20-9-11-21(12-10-20)29-17-22(26)30-18(2)23(27)25-15-13-24(14-16-25)19-7-5-4-6-8-19/h4-12,18H,3,13-17H2,1-2H3/t18-/m1/s1. The number of amides is 1. The number of piperazine rings is 1. The van der Waals surface area contributed by atoms with Crippen molar-refractivity contribution in [3.05, 3.63) is 54.6 Å². The van der Waals surface area contributed by atoms with Crippen LogP contribution in [0.3, 0.4) is 0 Å². The molecule has 0 aliphatic carbocycles. The predicted molar refractivity (Wildman–Crippen MR) is 114 cm³/mol. The number of rotatable bonds is 8. The molecule has 0 bridgehead atoms. The van der Waals surface area contributed by atoms with Crippen molar-refractivity contribution in [2.75, 3.05) is 44.3 Å². The quantitative estimate of drug-likeness (QED) is 0.621. The van der Waals surface area contributed by atoms with Crippen LogP contribution in [0.4, 0.5) is 5.69 Å². The molecule has 7 nitrogen and oxygen atoms in total. The van der Waals surface area contributed by atoms with Crippen LogP contribution in [0.5, 0.6) is 11.5 Å². The molecule has 1 aliphatic rings. The Balaban J connectivity index is 1.41. The Labute approximate surface area is 177 Å². The number of hydrogen-bond acceptors (Lipinski definition) is 6. The molecule has 1 saturated heterocycles. The van der Waals surface area contributed by atoms with Crippen molar-refractivity contribution in [3.8, 4) is 11.5 Å². The molecule has 7 heteroatoms. The van der Waals surface area contributed by atoms with Gasteiger partial charge in [-0.05, 0) is 50.2 Å². The van der Waals surface area contributed by atoms with Gasteiger partial charge in [-0.3, -0.25) is 4.79 Å². The smallest absolute Gasteiger partial charge is 0.344 e. The number of ether oxygens (including phenoxy) is 3. The second-order valence-corrected chi connectivity index (χ2v) is 6.97. The molecule has 160 valence electrons. The monoisotopic (exact) mass is 412 g/mol. The average molecular weight is 412 g/mol. The van der Waals surface area contributed by atoms with E-state index in [1.807, 2.05) is 25.1 Å². The summed E-state index contributed by atoms with van der Waals surface area (Å²) in [6.45, 7) is 6.52. The Morgan fingerprint density at radius 3 is 2.10 bits per heavy atom. The lowest BCUT2D eigenvalue weighted by molar-refractivity contribution is -0.160. The van der Waals surface area contributed by atoms with Crippen molar-refractivity contribution >= 4 is 17.6 Å². The number of hydrogen-bond donors (Lipinski definition) is 0. The minimum atomic E-state index is -0.843.